The molecule has 3 amide bonds. The van der Waals surface area contributed by atoms with Crippen molar-refractivity contribution in [2.24, 2.45) is 0 Å². The molecule has 0 bridgehead atoms. The third kappa shape index (κ3) is 2.21. The van der Waals surface area contributed by atoms with Crippen molar-refractivity contribution in [3.05, 3.63) is 0 Å². The Bertz CT molecular complexity index is 277. The second-order valence-electron chi connectivity index (χ2n) is 3.23. The van der Waals surface area contributed by atoms with Crippen LogP contribution in [0, 0.1) is 0 Å². The number of likely N-dealkylation sites (tertiary alicyclic amines) is 1. The summed E-state index contributed by atoms with van der Waals surface area (Å²) in [4.78, 5) is 34.4. The molecule has 1 aliphatic heterocycles. The molecule has 78 valence electrons. The number of hydrogen-bond donors (Lipinski definition) is 2. The molecule has 6 heteroatoms. The average molecular weight is 199 g/mol. The Morgan fingerprint density at radius 2 is 2.07 bits per heavy atom. The Kier molecular flexibility index (Phi) is 3.06. The Morgan fingerprint density at radius 3 is 2.50 bits per heavy atom. The number of rotatable bonds is 1. The Morgan fingerprint density at radius 1 is 1.43 bits per heavy atom. The SMILES string of the molecule is CC(=O)NNC(=O)C1CCC(=O)N1C. The van der Waals surface area contributed by atoms with Crippen LogP contribution in [0.4, 0.5) is 0 Å². The molecule has 0 saturated carbocycles. The van der Waals surface area contributed by atoms with E-state index in [0.29, 0.717) is 12.8 Å². The van der Waals surface area contributed by atoms with Gasteiger partial charge in [-0.05, 0) is 6.42 Å². The van der Waals surface area contributed by atoms with Crippen molar-refractivity contribution in [1.29, 1.82) is 0 Å². The van der Waals surface area contributed by atoms with Gasteiger partial charge in [-0.2, -0.15) is 0 Å². The first-order valence-electron chi connectivity index (χ1n) is 4.34. The molecular weight excluding hydrogens is 186 g/mol. The van der Waals surface area contributed by atoms with Crippen LogP contribution in [0.25, 0.3) is 0 Å². The van der Waals surface area contributed by atoms with Gasteiger partial charge >= 0.3 is 0 Å². The van der Waals surface area contributed by atoms with Crippen molar-refractivity contribution in [3.63, 3.8) is 0 Å². The van der Waals surface area contributed by atoms with Gasteiger partial charge in [0.1, 0.15) is 6.04 Å². The maximum absolute atomic E-state index is 11.4. The minimum atomic E-state index is -0.464. The number of amides is 3. The molecule has 0 spiro atoms. The number of hydrazine groups is 1. The minimum Gasteiger partial charge on any atom is -0.334 e. The Labute approximate surface area is 81.6 Å². The molecule has 1 rings (SSSR count). The van der Waals surface area contributed by atoms with Crippen LogP contribution in [0.1, 0.15) is 19.8 Å². The van der Waals surface area contributed by atoms with Gasteiger partial charge < -0.3 is 4.90 Å². The quantitative estimate of drug-likeness (QED) is 0.519. The molecule has 0 aromatic carbocycles. The number of nitrogens with zero attached hydrogens (tertiary/aromatic N) is 1. The maximum Gasteiger partial charge on any atom is 0.261 e. The van der Waals surface area contributed by atoms with E-state index in [1.54, 1.807) is 7.05 Å². The van der Waals surface area contributed by atoms with E-state index in [2.05, 4.69) is 10.9 Å². The summed E-state index contributed by atoms with van der Waals surface area (Å²) >= 11 is 0. The lowest BCUT2D eigenvalue weighted by molar-refractivity contribution is -0.135. The van der Waals surface area contributed by atoms with Gasteiger partial charge in [-0.1, -0.05) is 0 Å². The molecule has 0 radical (unpaired) electrons. The number of carbonyl (C=O) groups excluding carboxylic acids is 3. The van der Waals surface area contributed by atoms with Gasteiger partial charge in [0.05, 0.1) is 0 Å². The Hall–Kier alpha value is -1.59. The minimum absolute atomic E-state index is 0.0482. The zero-order chi connectivity index (χ0) is 10.7. The highest BCUT2D eigenvalue weighted by atomic mass is 16.2. The highest BCUT2D eigenvalue weighted by Crippen LogP contribution is 2.15. The number of likely N-dealkylation sites (N-methyl/N-ethyl adjacent to an activating group) is 1. The van der Waals surface area contributed by atoms with Crippen molar-refractivity contribution in [2.75, 3.05) is 7.05 Å². The van der Waals surface area contributed by atoms with Crippen LogP contribution in [0.3, 0.4) is 0 Å². The van der Waals surface area contributed by atoms with Gasteiger partial charge in [0.25, 0.3) is 5.91 Å². The van der Waals surface area contributed by atoms with Crippen LogP contribution in [0.2, 0.25) is 0 Å². The highest BCUT2D eigenvalue weighted by molar-refractivity contribution is 5.91. The highest BCUT2D eigenvalue weighted by Gasteiger charge is 2.33. The molecular formula is C8H13N3O3. The molecule has 1 aliphatic rings. The molecule has 14 heavy (non-hydrogen) atoms. The summed E-state index contributed by atoms with van der Waals surface area (Å²) in [7, 11) is 1.58. The van der Waals surface area contributed by atoms with Crippen molar-refractivity contribution in [3.8, 4) is 0 Å². The topological polar surface area (TPSA) is 78.5 Å². The summed E-state index contributed by atoms with van der Waals surface area (Å²) in [6.45, 7) is 1.30. The number of hydrogen-bond acceptors (Lipinski definition) is 3. The van der Waals surface area contributed by atoms with E-state index in [0.717, 1.165) is 0 Å². The van der Waals surface area contributed by atoms with E-state index < -0.39 is 6.04 Å². The molecule has 1 heterocycles. The van der Waals surface area contributed by atoms with Crippen LogP contribution in [0.15, 0.2) is 0 Å². The molecule has 0 aromatic heterocycles. The van der Waals surface area contributed by atoms with Gasteiger partial charge in [-0.15, -0.1) is 0 Å². The van der Waals surface area contributed by atoms with E-state index in [1.165, 1.54) is 11.8 Å². The van der Waals surface area contributed by atoms with E-state index >= 15 is 0 Å². The molecule has 1 unspecified atom stereocenters. The van der Waals surface area contributed by atoms with Crippen LogP contribution >= 0.6 is 0 Å². The number of nitrogens with one attached hydrogen (secondary N) is 2. The molecule has 0 aromatic rings. The predicted molar refractivity (Wildman–Crippen MR) is 47.8 cm³/mol. The van der Waals surface area contributed by atoms with Crippen molar-refractivity contribution >= 4 is 17.7 Å². The summed E-state index contributed by atoms with van der Waals surface area (Å²) in [5, 5.41) is 0. The lowest BCUT2D eigenvalue weighted by Gasteiger charge is -2.18. The fourth-order valence-corrected chi connectivity index (χ4v) is 1.34. The third-order valence-electron chi connectivity index (χ3n) is 2.16. The fraction of sp³-hybridized carbons (Fsp3) is 0.625. The zero-order valence-corrected chi connectivity index (χ0v) is 8.16. The summed E-state index contributed by atoms with van der Waals surface area (Å²) < 4.78 is 0. The first-order valence-corrected chi connectivity index (χ1v) is 4.34. The fourth-order valence-electron chi connectivity index (χ4n) is 1.34. The van der Waals surface area contributed by atoms with Crippen molar-refractivity contribution in [2.45, 2.75) is 25.8 Å². The molecule has 1 atom stereocenters. The zero-order valence-electron chi connectivity index (χ0n) is 8.16. The smallest absolute Gasteiger partial charge is 0.261 e. The van der Waals surface area contributed by atoms with Gasteiger partial charge in [0.2, 0.25) is 11.8 Å². The van der Waals surface area contributed by atoms with E-state index in [-0.39, 0.29) is 17.7 Å². The monoisotopic (exact) mass is 199 g/mol. The summed E-state index contributed by atoms with van der Waals surface area (Å²) in [6.07, 6.45) is 0.884. The molecule has 1 fully saturated rings. The standard InChI is InChI=1S/C8H13N3O3/c1-5(12)9-10-8(14)6-3-4-7(13)11(6)2/h6H,3-4H2,1-2H3,(H,9,12)(H,10,14). The predicted octanol–water partition coefficient (Wildman–Crippen LogP) is -1.23. The molecule has 2 N–H and O–H groups in total. The first-order chi connectivity index (χ1) is 6.52. The van der Waals surface area contributed by atoms with Gasteiger partial charge in [-0.3, -0.25) is 25.2 Å². The normalized spacial score (nSPS) is 20.9. The van der Waals surface area contributed by atoms with E-state index in [9.17, 15) is 14.4 Å². The van der Waals surface area contributed by atoms with E-state index in [4.69, 9.17) is 0 Å². The van der Waals surface area contributed by atoms with Gasteiger partial charge in [0.15, 0.2) is 0 Å². The summed E-state index contributed by atoms with van der Waals surface area (Å²) in [6, 6.07) is -0.464. The van der Waals surface area contributed by atoms with Crippen molar-refractivity contribution < 1.29 is 14.4 Å². The third-order valence-corrected chi connectivity index (χ3v) is 2.16. The molecule has 0 aliphatic carbocycles. The molecule has 6 nitrogen and oxygen atoms in total. The van der Waals surface area contributed by atoms with Crippen molar-refractivity contribution in [1.82, 2.24) is 15.8 Å². The van der Waals surface area contributed by atoms with E-state index in [1.807, 2.05) is 0 Å². The molecule has 1 saturated heterocycles. The lowest BCUT2D eigenvalue weighted by Crippen LogP contribution is -2.49. The largest absolute Gasteiger partial charge is 0.334 e. The van der Waals surface area contributed by atoms with Crippen LogP contribution in [-0.4, -0.2) is 35.7 Å². The van der Waals surface area contributed by atoms with Gasteiger partial charge in [-0.25, -0.2) is 0 Å². The maximum atomic E-state index is 11.4. The van der Waals surface area contributed by atoms with Crippen LogP contribution in [0.5, 0.6) is 0 Å². The summed E-state index contributed by atoms with van der Waals surface area (Å²) in [5.41, 5.74) is 4.42. The Balaban J connectivity index is 2.45. The van der Waals surface area contributed by atoms with Gasteiger partial charge in [0, 0.05) is 20.4 Å². The average Bonchev–Trinajstić information content (AvgIpc) is 2.44. The lowest BCUT2D eigenvalue weighted by atomic mass is 10.2. The second kappa shape index (κ2) is 4.08. The summed E-state index contributed by atoms with van der Waals surface area (Å²) in [5.74, 6) is -0.744. The van der Waals surface area contributed by atoms with Crippen LogP contribution < -0.4 is 10.9 Å². The second-order valence-corrected chi connectivity index (χ2v) is 3.23. The first kappa shape index (κ1) is 10.5. The number of carbonyl (C=O) groups is 3. The van der Waals surface area contributed by atoms with Crippen LogP contribution in [-0.2, 0) is 14.4 Å².